The third-order valence-electron chi connectivity index (χ3n) is 6.62. The quantitative estimate of drug-likeness (QED) is 0.0908. The molecular weight excluding hydrogens is 440 g/mol. The van der Waals surface area contributed by atoms with Gasteiger partial charge < -0.3 is 14.6 Å². The molecule has 0 bridgehead atoms. The van der Waals surface area contributed by atoms with Crippen LogP contribution in [0.5, 0.6) is 0 Å². The number of ether oxygens (including phenoxy) is 2. The number of hydrogen-bond donors (Lipinski definition) is 1. The molecule has 0 spiro atoms. The van der Waals surface area contributed by atoms with Crippen LogP contribution in [0.4, 0.5) is 0 Å². The Hall–Kier alpha value is -1.10. The molecular formula is C30H58O5. The molecule has 0 rings (SSSR count). The van der Waals surface area contributed by atoms with Gasteiger partial charge in [0.25, 0.3) is 0 Å². The highest BCUT2D eigenvalue weighted by atomic mass is 16.6. The van der Waals surface area contributed by atoms with Gasteiger partial charge in [0.2, 0.25) is 0 Å². The van der Waals surface area contributed by atoms with Crippen molar-refractivity contribution in [1.82, 2.24) is 0 Å². The molecule has 0 amide bonds. The number of carbonyl (C=O) groups excluding carboxylic acids is 2. The van der Waals surface area contributed by atoms with Crippen LogP contribution in [0, 0.1) is 0 Å². The molecule has 0 aromatic rings. The summed E-state index contributed by atoms with van der Waals surface area (Å²) in [6.07, 6.45) is 27.3. The summed E-state index contributed by atoms with van der Waals surface area (Å²) in [4.78, 5) is 23.3. The second kappa shape index (κ2) is 27.5. The largest absolute Gasteiger partial charge is 0.462 e. The van der Waals surface area contributed by atoms with E-state index in [-0.39, 0.29) is 25.2 Å². The zero-order valence-corrected chi connectivity index (χ0v) is 23.3. The first-order valence-corrected chi connectivity index (χ1v) is 15.1. The van der Waals surface area contributed by atoms with Crippen molar-refractivity contribution < 1.29 is 24.2 Å². The fourth-order valence-corrected chi connectivity index (χ4v) is 4.36. The Morgan fingerprint density at radius 2 is 0.943 bits per heavy atom. The van der Waals surface area contributed by atoms with Crippen LogP contribution in [0.3, 0.4) is 0 Å². The van der Waals surface area contributed by atoms with Crippen molar-refractivity contribution >= 4 is 11.9 Å². The van der Waals surface area contributed by atoms with Crippen molar-refractivity contribution in [3.05, 3.63) is 0 Å². The maximum absolute atomic E-state index is 11.9. The standard InChI is InChI=1S/C30H58O5/c1-3-5-6-7-8-9-10-11-12-13-14-15-16-17-18-19-20-21-22-23-25-30(33)35-28(26-31)27-34-29(32)24-4-2/h28,31H,3-27H2,1-2H3. The summed E-state index contributed by atoms with van der Waals surface area (Å²) in [6, 6.07) is 0. The number of carbonyl (C=O) groups is 2. The second-order valence-electron chi connectivity index (χ2n) is 10.2. The molecule has 1 atom stereocenters. The second-order valence-corrected chi connectivity index (χ2v) is 10.2. The van der Waals surface area contributed by atoms with E-state index in [0.717, 1.165) is 19.3 Å². The van der Waals surface area contributed by atoms with E-state index in [0.29, 0.717) is 19.3 Å². The van der Waals surface area contributed by atoms with E-state index in [9.17, 15) is 14.7 Å². The molecule has 35 heavy (non-hydrogen) atoms. The van der Waals surface area contributed by atoms with Crippen molar-refractivity contribution in [3.63, 3.8) is 0 Å². The predicted octanol–water partition coefficient (Wildman–Crippen LogP) is 8.45. The Bertz CT molecular complexity index is 466. The molecule has 5 nitrogen and oxygen atoms in total. The number of rotatable bonds is 27. The molecule has 0 aliphatic heterocycles. The summed E-state index contributed by atoms with van der Waals surface area (Å²) in [5.74, 6) is -0.644. The maximum Gasteiger partial charge on any atom is 0.306 e. The minimum Gasteiger partial charge on any atom is -0.462 e. The SMILES string of the molecule is CCCCCCCCCCCCCCCCCCCCCCC(=O)OC(CO)COC(=O)CCC. The van der Waals surface area contributed by atoms with Crippen LogP contribution in [0.2, 0.25) is 0 Å². The summed E-state index contributed by atoms with van der Waals surface area (Å²) < 4.78 is 10.2. The van der Waals surface area contributed by atoms with Gasteiger partial charge in [-0.25, -0.2) is 0 Å². The van der Waals surface area contributed by atoms with Crippen LogP contribution in [0.25, 0.3) is 0 Å². The van der Waals surface area contributed by atoms with E-state index in [1.807, 2.05) is 6.92 Å². The number of aliphatic hydroxyl groups is 1. The molecule has 0 saturated heterocycles. The maximum atomic E-state index is 11.9. The first kappa shape index (κ1) is 33.9. The Labute approximate surface area is 217 Å². The molecule has 208 valence electrons. The summed E-state index contributed by atoms with van der Waals surface area (Å²) in [5.41, 5.74) is 0. The Morgan fingerprint density at radius 3 is 1.31 bits per heavy atom. The third kappa shape index (κ3) is 25.8. The zero-order chi connectivity index (χ0) is 25.8. The number of aliphatic hydroxyl groups excluding tert-OH is 1. The van der Waals surface area contributed by atoms with Gasteiger partial charge in [0, 0.05) is 12.8 Å². The minimum absolute atomic E-state index is 0.0691. The van der Waals surface area contributed by atoms with E-state index in [4.69, 9.17) is 9.47 Å². The average molecular weight is 499 g/mol. The van der Waals surface area contributed by atoms with Gasteiger partial charge in [0.1, 0.15) is 6.61 Å². The van der Waals surface area contributed by atoms with E-state index >= 15 is 0 Å². The van der Waals surface area contributed by atoms with Gasteiger partial charge in [-0.1, -0.05) is 136 Å². The fourth-order valence-electron chi connectivity index (χ4n) is 4.36. The lowest BCUT2D eigenvalue weighted by molar-refractivity contribution is -0.161. The topological polar surface area (TPSA) is 72.8 Å². The van der Waals surface area contributed by atoms with E-state index in [1.165, 1.54) is 109 Å². The lowest BCUT2D eigenvalue weighted by Gasteiger charge is -2.15. The van der Waals surface area contributed by atoms with Crippen LogP contribution in [0.15, 0.2) is 0 Å². The molecule has 0 aliphatic rings. The van der Waals surface area contributed by atoms with Gasteiger partial charge >= 0.3 is 11.9 Å². The average Bonchev–Trinajstić information content (AvgIpc) is 2.85. The van der Waals surface area contributed by atoms with Crippen LogP contribution >= 0.6 is 0 Å². The van der Waals surface area contributed by atoms with Crippen molar-refractivity contribution in [2.75, 3.05) is 13.2 Å². The van der Waals surface area contributed by atoms with Crippen molar-refractivity contribution in [2.45, 2.75) is 168 Å². The van der Waals surface area contributed by atoms with Crippen molar-refractivity contribution in [3.8, 4) is 0 Å². The van der Waals surface area contributed by atoms with Crippen LogP contribution < -0.4 is 0 Å². The number of esters is 2. The highest BCUT2D eigenvalue weighted by Gasteiger charge is 2.15. The molecule has 0 saturated carbocycles. The fraction of sp³-hybridized carbons (Fsp3) is 0.933. The Balaban J connectivity index is 3.33. The molecule has 0 heterocycles. The summed E-state index contributed by atoms with van der Waals surface area (Å²) in [7, 11) is 0. The zero-order valence-electron chi connectivity index (χ0n) is 23.3. The normalized spacial score (nSPS) is 12.0. The number of unbranched alkanes of at least 4 members (excludes halogenated alkanes) is 19. The molecule has 5 heteroatoms. The van der Waals surface area contributed by atoms with Gasteiger partial charge in [-0.3, -0.25) is 9.59 Å². The van der Waals surface area contributed by atoms with E-state index < -0.39 is 6.10 Å². The molecule has 0 radical (unpaired) electrons. The molecule has 0 fully saturated rings. The van der Waals surface area contributed by atoms with Crippen LogP contribution in [-0.4, -0.2) is 36.4 Å². The molecule has 0 aliphatic carbocycles. The monoisotopic (exact) mass is 498 g/mol. The van der Waals surface area contributed by atoms with Gasteiger partial charge in [-0.05, 0) is 12.8 Å². The molecule has 1 unspecified atom stereocenters. The molecule has 0 aromatic carbocycles. The van der Waals surface area contributed by atoms with E-state index in [1.54, 1.807) is 0 Å². The van der Waals surface area contributed by atoms with Gasteiger partial charge in [0.05, 0.1) is 6.61 Å². The highest BCUT2D eigenvalue weighted by molar-refractivity contribution is 5.70. The van der Waals surface area contributed by atoms with Gasteiger partial charge in [0.15, 0.2) is 6.10 Å². The smallest absolute Gasteiger partial charge is 0.306 e. The highest BCUT2D eigenvalue weighted by Crippen LogP contribution is 2.15. The lowest BCUT2D eigenvalue weighted by atomic mass is 10.0. The summed E-state index contributed by atoms with van der Waals surface area (Å²) in [6.45, 7) is 3.78. The summed E-state index contributed by atoms with van der Waals surface area (Å²) in [5, 5.41) is 9.29. The van der Waals surface area contributed by atoms with Gasteiger partial charge in [-0.15, -0.1) is 0 Å². The molecule has 1 N–H and O–H groups in total. The van der Waals surface area contributed by atoms with E-state index in [2.05, 4.69) is 6.92 Å². The first-order chi connectivity index (χ1) is 17.1. The van der Waals surface area contributed by atoms with Crippen molar-refractivity contribution in [1.29, 1.82) is 0 Å². The predicted molar refractivity (Wildman–Crippen MR) is 145 cm³/mol. The first-order valence-electron chi connectivity index (χ1n) is 15.1. The Kier molecular flexibility index (Phi) is 26.6. The lowest BCUT2D eigenvalue weighted by Crippen LogP contribution is -2.28. The third-order valence-corrected chi connectivity index (χ3v) is 6.62. The molecule has 0 aromatic heterocycles. The summed E-state index contributed by atoms with van der Waals surface area (Å²) >= 11 is 0. The van der Waals surface area contributed by atoms with Crippen LogP contribution in [-0.2, 0) is 19.1 Å². The Morgan fingerprint density at radius 1 is 0.543 bits per heavy atom. The van der Waals surface area contributed by atoms with Crippen molar-refractivity contribution in [2.24, 2.45) is 0 Å². The minimum atomic E-state index is -0.756. The number of hydrogen-bond acceptors (Lipinski definition) is 5. The van der Waals surface area contributed by atoms with Crippen LogP contribution in [0.1, 0.15) is 162 Å². The van der Waals surface area contributed by atoms with Gasteiger partial charge in [-0.2, -0.15) is 0 Å².